The van der Waals surface area contributed by atoms with E-state index < -0.39 is 0 Å². The van der Waals surface area contributed by atoms with Crippen LogP contribution >= 0.6 is 11.6 Å². The number of carbonyl (C=O) groups excluding carboxylic acids is 2. The first kappa shape index (κ1) is 19.0. The lowest BCUT2D eigenvalue weighted by atomic mass is 9.75. The predicted octanol–water partition coefficient (Wildman–Crippen LogP) is 3.49. The number of carbonyl (C=O) groups is 2. The lowest BCUT2D eigenvalue weighted by Gasteiger charge is -2.36. The standard InChI is InChI=1S/C21H25ClN4O2/c1-13-18-15(10-21(2,3)11-17(18)27)24-19(13)20(28)26-8-6-25(7-9-26)16-4-5-23-12-14(16)22/h4-5,12,24H,6-11H2,1-3H3. The molecule has 0 unspecified atom stereocenters. The summed E-state index contributed by atoms with van der Waals surface area (Å²) in [6, 6.07) is 1.90. The summed E-state index contributed by atoms with van der Waals surface area (Å²) in [7, 11) is 0. The number of nitrogens with zero attached hydrogens (tertiary/aromatic N) is 3. The number of H-pyrrole nitrogens is 1. The Morgan fingerprint density at radius 2 is 1.93 bits per heavy atom. The highest BCUT2D eigenvalue weighted by atomic mass is 35.5. The van der Waals surface area contributed by atoms with Crippen molar-refractivity contribution in [1.29, 1.82) is 0 Å². The van der Waals surface area contributed by atoms with Crippen LogP contribution in [-0.4, -0.2) is 52.7 Å². The zero-order valence-corrected chi connectivity index (χ0v) is 17.3. The predicted molar refractivity (Wildman–Crippen MR) is 109 cm³/mol. The Kier molecular flexibility index (Phi) is 4.70. The van der Waals surface area contributed by atoms with Gasteiger partial charge < -0.3 is 14.8 Å². The molecule has 0 spiro atoms. The number of pyridine rings is 1. The quantitative estimate of drug-likeness (QED) is 0.837. The number of ketones is 1. The van der Waals surface area contributed by atoms with E-state index in [1.807, 2.05) is 17.9 Å². The molecule has 1 aliphatic carbocycles. The van der Waals surface area contributed by atoms with E-state index >= 15 is 0 Å². The van der Waals surface area contributed by atoms with E-state index in [1.54, 1.807) is 12.4 Å². The number of amides is 1. The monoisotopic (exact) mass is 400 g/mol. The Balaban J connectivity index is 1.51. The molecule has 3 heterocycles. The first-order valence-electron chi connectivity index (χ1n) is 9.65. The van der Waals surface area contributed by atoms with Crippen LogP contribution in [0.25, 0.3) is 0 Å². The number of rotatable bonds is 2. The van der Waals surface area contributed by atoms with Gasteiger partial charge in [-0.15, -0.1) is 0 Å². The summed E-state index contributed by atoms with van der Waals surface area (Å²) in [6.45, 7) is 8.71. The van der Waals surface area contributed by atoms with E-state index in [1.165, 1.54) is 0 Å². The van der Waals surface area contributed by atoms with E-state index in [0.717, 1.165) is 28.9 Å². The van der Waals surface area contributed by atoms with Crippen LogP contribution in [0.4, 0.5) is 5.69 Å². The lowest BCUT2D eigenvalue weighted by Crippen LogP contribution is -2.49. The number of nitrogens with one attached hydrogen (secondary N) is 1. The number of hydrogen-bond acceptors (Lipinski definition) is 4. The summed E-state index contributed by atoms with van der Waals surface area (Å²) < 4.78 is 0. The number of aromatic nitrogens is 2. The number of aromatic amines is 1. The summed E-state index contributed by atoms with van der Waals surface area (Å²) in [6.07, 6.45) is 4.68. The SMILES string of the molecule is Cc1c(C(=O)N2CCN(c3ccncc3Cl)CC2)[nH]c2c1C(=O)CC(C)(C)C2. The third kappa shape index (κ3) is 3.30. The number of hydrogen-bond donors (Lipinski definition) is 1. The van der Waals surface area contributed by atoms with E-state index in [4.69, 9.17) is 11.6 Å². The molecule has 0 saturated carbocycles. The smallest absolute Gasteiger partial charge is 0.270 e. The van der Waals surface area contributed by atoms with Crippen molar-refractivity contribution in [2.24, 2.45) is 5.41 Å². The summed E-state index contributed by atoms with van der Waals surface area (Å²) in [5.41, 5.74) is 3.86. The second-order valence-corrected chi connectivity index (χ2v) is 8.93. The molecule has 1 amide bonds. The van der Waals surface area contributed by atoms with Gasteiger partial charge in [0.15, 0.2) is 5.78 Å². The third-order valence-electron chi connectivity index (χ3n) is 5.77. The van der Waals surface area contributed by atoms with E-state index in [9.17, 15) is 9.59 Å². The fraction of sp³-hybridized carbons (Fsp3) is 0.476. The van der Waals surface area contributed by atoms with Crippen molar-refractivity contribution in [3.63, 3.8) is 0 Å². The molecule has 7 heteroatoms. The molecule has 6 nitrogen and oxygen atoms in total. The zero-order valence-electron chi connectivity index (χ0n) is 16.5. The van der Waals surface area contributed by atoms with Crippen LogP contribution in [0.15, 0.2) is 18.5 Å². The molecule has 28 heavy (non-hydrogen) atoms. The van der Waals surface area contributed by atoms with Gasteiger partial charge in [0.2, 0.25) is 0 Å². The maximum Gasteiger partial charge on any atom is 0.270 e. The highest BCUT2D eigenvalue weighted by molar-refractivity contribution is 6.33. The molecule has 2 aromatic rings. The van der Waals surface area contributed by atoms with Gasteiger partial charge in [0.05, 0.1) is 10.7 Å². The molecule has 4 rings (SSSR count). The molecule has 0 aromatic carbocycles. The van der Waals surface area contributed by atoms with Crippen molar-refractivity contribution in [3.8, 4) is 0 Å². The van der Waals surface area contributed by atoms with Gasteiger partial charge >= 0.3 is 0 Å². The van der Waals surface area contributed by atoms with Crippen molar-refractivity contribution in [1.82, 2.24) is 14.9 Å². The van der Waals surface area contributed by atoms with Crippen molar-refractivity contribution in [2.75, 3.05) is 31.1 Å². The van der Waals surface area contributed by atoms with Gasteiger partial charge in [0, 0.05) is 56.3 Å². The van der Waals surface area contributed by atoms with Crippen molar-refractivity contribution >= 4 is 29.0 Å². The fourth-order valence-corrected chi connectivity index (χ4v) is 4.62. The normalized spacial score (nSPS) is 18.9. The molecule has 0 radical (unpaired) electrons. The maximum absolute atomic E-state index is 13.1. The summed E-state index contributed by atoms with van der Waals surface area (Å²) in [5.74, 6) is 0.106. The van der Waals surface area contributed by atoms with Crippen LogP contribution in [0.2, 0.25) is 5.02 Å². The molecule has 0 bridgehead atoms. The molecule has 1 N–H and O–H groups in total. The number of anilines is 1. The Morgan fingerprint density at radius 1 is 1.21 bits per heavy atom. The molecule has 1 fully saturated rings. The Morgan fingerprint density at radius 3 is 2.61 bits per heavy atom. The fourth-order valence-electron chi connectivity index (χ4n) is 4.38. The summed E-state index contributed by atoms with van der Waals surface area (Å²) in [4.78, 5) is 37.1. The van der Waals surface area contributed by atoms with Crippen molar-refractivity contribution in [3.05, 3.63) is 46.0 Å². The largest absolute Gasteiger partial charge is 0.367 e. The highest BCUT2D eigenvalue weighted by Crippen LogP contribution is 2.37. The topological polar surface area (TPSA) is 69.3 Å². The minimum absolute atomic E-state index is 0.0296. The average Bonchev–Trinajstić information content (AvgIpc) is 2.97. The molecule has 2 aromatic heterocycles. The molecule has 2 aliphatic rings. The minimum Gasteiger partial charge on any atom is -0.367 e. The number of piperazine rings is 1. The van der Waals surface area contributed by atoms with Crippen LogP contribution in [-0.2, 0) is 6.42 Å². The lowest BCUT2D eigenvalue weighted by molar-refractivity contribution is 0.0740. The first-order valence-corrected chi connectivity index (χ1v) is 10.0. The minimum atomic E-state index is -0.0723. The number of fused-ring (bicyclic) bond motifs is 1. The molecule has 1 aliphatic heterocycles. The summed E-state index contributed by atoms with van der Waals surface area (Å²) in [5, 5.41) is 0.622. The molecular weight excluding hydrogens is 376 g/mol. The Bertz CT molecular complexity index is 942. The van der Waals surface area contributed by atoms with Gasteiger partial charge in [0.1, 0.15) is 5.69 Å². The molecular formula is C21H25ClN4O2. The second-order valence-electron chi connectivity index (χ2n) is 8.53. The van der Waals surface area contributed by atoms with Crippen LogP contribution in [0.5, 0.6) is 0 Å². The zero-order chi connectivity index (χ0) is 20.1. The second kappa shape index (κ2) is 6.92. The van der Waals surface area contributed by atoms with Gasteiger partial charge in [-0.05, 0) is 30.4 Å². The highest BCUT2D eigenvalue weighted by Gasteiger charge is 2.36. The molecule has 0 atom stereocenters. The van der Waals surface area contributed by atoms with Crippen LogP contribution in [0, 0.1) is 12.3 Å². The Labute approximate surface area is 169 Å². The van der Waals surface area contributed by atoms with Crippen LogP contribution in [0.3, 0.4) is 0 Å². The number of halogens is 1. The van der Waals surface area contributed by atoms with Crippen molar-refractivity contribution in [2.45, 2.75) is 33.6 Å². The van der Waals surface area contributed by atoms with Crippen molar-refractivity contribution < 1.29 is 9.59 Å². The van der Waals surface area contributed by atoms with E-state index in [2.05, 4.69) is 28.7 Å². The van der Waals surface area contributed by atoms with Gasteiger partial charge in [-0.3, -0.25) is 14.6 Å². The average molecular weight is 401 g/mol. The molecule has 1 saturated heterocycles. The van der Waals surface area contributed by atoms with Crippen LogP contribution in [0.1, 0.15) is 52.4 Å². The van der Waals surface area contributed by atoms with E-state index in [0.29, 0.717) is 43.3 Å². The van der Waals surface area contributed by atoms with Gasteiger partial charge in [-0.25, -0.2) is 0 Å². The first-order chi connectivity index (χ1) is 13.3. The van der Waals surface area contributed by atoms with Crippen LogP contribution < -0.4 is 4.90 Å². The molecule has 148 valence electrons. The number of Topliss-reactive ketones (excluding diaryl/α,β-unsaturated/α-hetero) is 1. The third-order valence-corrected chi connectivity index (χ3v) is 6.06. The van der Waals surface area contributed by atoms with Gasteiger partial charge in [-0.1, -0.05) is 25.4 Å². The Hall–Kier alpha value is -2.34. The van der Waals surface area contributed by atoms with E-state index in [-0.39, 0.29) is 17.1 Å². The van der Waals surface area contributed by atoms with Gasteiger partial charge in [0.25, 0.3) is 5.91 Å². The summed E-state index contributed by atoms with van der Waals surface area (Å²) >= 11 is 6.25. The maximum atomic E-state index is 13.1. The van der Waals surface area contributed by atoms with Gasteiger partial charge in [-0.2, -0.15) is 0 Å².